The second kappa shape index (κ2) is 12.6. The van der Waals surface area contributed by atoms with E-state index >= 15 is 0 Å². The van der Waals surface area contributed by atoms with Gasteiger partial charge >= 0.3 is 12.1 Å². The topological polar surface area (TPSA) is 86.7 Å². The van der Waals surface area contributed by atoms with Crippen molar-refractivity contribution in [2.24, 2.45) is 5.92 Å². The lowest BCUT2D eigenvalue weighted by Crippen LogP contribution is -2.65. The number of hydrogen-bond acceptors (Lipinski definition) is 5. The van der Waals surface area contributed by atoms with Gasteiger partial charge in [0.15, 0.2) is 6.10 Å². The minimum atomic E-state index is -5.19. The van der Waals surface area contributed by atoms with E-state index in [1.54, 1.807) is 24.3 Å². The average molecular weight is 566 g/mol. The summed E-state index contributed by atoms with van der Waals surface area (Å²) in [7, 11) is 0. The first kappa shape index (κ1) is 29.8. The van der Waals surface area contributed by atoms with E-state index in [0.717, 1.165) is 49.1 Å². The molecule has 0 unspecified atom stereocenters. The van der Waals surface area contributed by atoms with E-state index in [9.17, 15) is 23.1 Å². The second-order valence-electron chi connectivity index (χ2n) is 10.3. The highest BCUT2D eigenvalue weighted by atomic mass is 19.4. The molecule has 41 heavy (non-hydrogen) atoms. The fourth-order valence-corrected chi connectivity index (χ4v) is 5.39. The monoisotopic (exact) mass is 565 g/mol. The van der Waals surface area contributed by atoms with Gasteiger partial charge in [-0.05, 0) is 29.2 Å². The third-order valence-electron chi connectivity index (χ3n) is 7.63. The summed E-state index contributed by atoms with van der Waals surface area (Å²) in [6.45, 7) is 3.62. The molecule has 0 radical (unpaired) electrons. The van der Waals surface area contributed by atoms with E-state index < -0.39 is 23.7 Å². The van der Waals surface area contributed by atoms with Gasteiger partial charge in [-0.15, -0.1) is 0 Å². The van der Waals surface area contributed by atoms with Gasteiger partial charge in [-0.2, -0.15) is 13.2 Å². The number of piperidine rings is 3. The standard InChI is InChI=1S/C30H30NO3.C2HF3O2/c32-29(30(33,26-14-6-2-7-15-26)27-16-8-3-9-17-27)34-28-23-31(21-18-25(28)19-22-31)20-10-13-24-11-4-1-5-12-24;3-2(4,5)1(6)7/h1-9,11-12,14-17,25,28,33H,18-23H2;(H,6,7)/q+1;/p-1/t25?,28-,31?;/m0./s1. The number of nitrogens with zero attached hydrogens (tertiary/aromatic N) is 1. The van der Waals surface area contributed by atoms with Gasteiger partial charge in [0, 0.05) is 24.3 Å². The van der Waals surface area contributed by atoms with E-state index in [-0.39, 0.29) is 6.10 Å². The largest absolute Gasteiger partial charge is 0.542 e. The average Bonchev–Trinajstić information content (AvgIpc) is 2.98. The van der Waals surface area contributed by atoms with Crippen LogP contribution in [0.4, 0.5) is 13.2 Å². The maximum Gasteiger partial charge on any atom is 0.430 e. The van der Waals surface area contributed by atoms with Crippen molar-refractivity contribution in [3.05, 3.63) is 108 Å². The second-order valence-corrected chi connectivity index (χ2v) is 10.3. The summed E-state index contributed by atoms with van der Waals surface area (Å²) in [6.07, 6.45) is -3.38. The number of esters is 1. The van der Waals surface area contributed by atoms with Gasteiger partial charge in [-0.25, -0.2) is 4.79 Å². The van der Waals surface area contributed by atoms with Crippen LogP contribution in [-0.2, 0) is 19.9 Å². The van der Waals surface area contributed by atoms with Gasteiger partial charge in [0.25, 0.3) is 0 Å². The molecule has 1 atom stereocenters. The van der Waals surface area contributed by atoms with Crippen molar-refractivity contribution in [3.8, 4) is 11.8 Å². The lowest BCUT2D eigenvalue weighted by molar-refractivity contribution is -0.939. The first-order valence-corrected chi connectivity index (χ1v) is 13.3. The number of carbonyl (C=O) groups is 2. The molecule has 0 saturated carbocycles. The number of alkyl halides is 3. The summed E-state index contributed by atoms with van der Waals surface area (Å²) >= 11 is 0. The zero-order chi connectivity index (χ0) is 29.5. The minimum Gasteiger partial charge on any atom is -0.542 e. The Morgan fingerprint density at radius 3 is 1.80 bits per heavy atom. The predicted molar refractivity (Wildman–Crippen MR) is 143 cm³/mol. The Morgan fingerprint density at radius 2 is 1.34 bits per heavy atom. The lowest BCUT2D eigenvalue weighted by atomic mass is 9.82. The number of benzene rings is 3. The molecule has 3 saturated heterocycles. The molecular weight excluding hydrogens is 535 g/mol. The van der Waals surface area contributed by atoms with Gasteiger partial charge in [0.05, 0.1) is 13.1 Å². The minimum absolute atomic E-state index is 0.215. The summed E-state index contributed by atoms with van der Waals surface area (Å²) in [5.41, 5.74) is 0.216. The number of carbonyl (C=O) groups excluding carboxylic acids is 2. The summed E-state index contributed by atoms with van der Waals surface area (Å²) in [4.78, 5) is 22.4. The third-order valence-corrected chi connectivity index (χ3v) is 7.63. The fraction of sp³-hybridized carbons (Fsp3) is 0.312. The Labute approximate surface area is 236 Å². The van der Waals surface area contributed by atoms with E-state index in [1.807, 2.05) is 66.7 Å². The highest BCUT2D eigenvalue weighted by Gasteiger charge is 2.50. The van der Waals surface area contributed by atoms with Crippen LogP contribution >= 0.6 is 0 Å². The van der Waals surface area contributed by atoms with Crippen molar-refractivity contribution in [2.45, 2.75) is 30.7 Å². The molecular formula is C32H30F3NO5. The normalized spacial score (nSPS) is 21.5. The van der Waals surface area contributed by atoms with Crippen LogP contribution in [0, 0.1) is 17.8 Å². The van der Waals surface area contributed by atoms with E-state index in [0.29, 0.717) is 17.0 Å². The molecule has 3 aliphatic heterocycles. The highest BCUT2D eigenvalue weighted by molar-refractivity contribution is 5.85. The maximum absolute atomic E-state index is 13.6. The van der Waals surface area contributed by atoms with Crippen LogP contribution < -0.4 is 5.11 Å². The van der Waals surface area contributed by atoms with Crippen LogP contribution in [0.25, 0.3) is 0 Å². The van der Waals surface area contributed by atoms with Gasteiger partial charge in [-0.3, -0.25) is 0 Å². The number of halogens is 3. The predicted octanol–water partition coefficient (Wildman–Crippen LogP) is 3.43. The van der Waals surface area contributed by atoms with Crippen molar-refractivity contribution in [1.82, 2.24) is 0 Å². The molecule has 3 fully saturated rings. The number of fused-ring (bicyclic) bond motifs is 3. The molecule has 0 aromatic heterocycles. The molecule has 3 aromatic carbocycles. The molecule has 0 aliphatic carbocycles. The Balaban J connectivity index is 0.000000493. The summed E-state index contributed by atoms with van der Waals surface area (Å²) in [5.74, 6) is 3.38. The van der Waals surface area contributed by atoms with Crippen molar-refractivity contribution < 1.29 is 42.2 Å². The number of carboxylic acids is 1. The van der Waals surface area contributed by atoms with Crippen LogP contribution in [0.15, 0.2) is 91.0 Å². The fourth-order valence-electron chi connectivity index (χ4n) is 5.39. The number of ether oxygens (including phenoxy) is 1. The van der Waals surface area contributed by atoms with Crippen LogP contribution in [0.3, 0.4) is 0 Å². The molecule has 0 amide bonds. The molecule has 2 bridgehead atoms. The molecule has 214 valence electrons. The number of aliphatic hydroxyl groups is 1. The van der Waals surface area contributed by atoms with Gasteiger partial charge in [-0.1, -0.05) is 84.8 Å². The van der Waals surface area contributed by atoms with E-state index in [2.05, 4.69) is 11.8 Å². The van der Waals surface area contributed by atoms with Crippen LogP contribution in [-0.4, -0.2) is 60.0 Å². The van der Waals surface area contributed by atoms with Crippen LogP contribution in [0.1, 0.15) is 29.5 Å². The molecule has 9 heteroatoms. The van der Waals surface area contributed by atoms with Crippen molar-refractivity contribution >= 4 is 11.9 Å². The Bertz CT molecular complexity index is 1340. The molecule has 6 rings (SSSR count). The quantitative estimate of drug-likeness (QED) is 0.291. The third kappa shape index (κ3) is 7.15. The first-order chi connectivity index (χ1) is 19.5. The molecule has 3 aromatic rings. The van der Waals surface area contributed by atoms with Gasteiger partial charge < -0.3 is 24.2 Å². The number of carboxylic acid groups (broad SMARTS) is 1. The number of rotatable bonds is 5. The Morgan fingerprint density at radius 1 is 0.878 bits per heavy atom. The lowest BCUT2D eigenvalue weighted by Gasteiger charge is -2.51. The zero-order valence-electron chi connectivity index (χ0n) is 22.2. The van der Waals surface area contributed by atoms with Crippen molar-refractivity contribution in [1.29, 1.82) is 0 Å². The molecule has 3 heterocycles. The molecule has 0 spiro atoms. The highest BCUT2D eigenvalue weighted by Crippen LogP contribution is 2.38. The smallest absolute Gasteiger partial charge is 0.430 e. The molecule has 1 N–H and O–H groups in total. The summed E-state index contributed by atoms with van der Waals surface area (Å²) < 4.78 is 38.5. The molecule has 3 aliphatic rings. The number of quaternary nitrogens is 1. The molecule has 6 nitrogen and oxygen atoms in total. The van der Waals surface area contributed by atoms with E-state index in [4.69, 9.17) is 14.6 Å². The SMILES string of the molecule is O=C(O[C@H]1C[N+]2(CC#Cc3ccccc3)CCC1CC2)C(O)(c1ccccc1)c1ccccc1.O=C([O-])C(F)(F)F. The first-order valence-electron chi connectivity index (χ1n) is 13.3. The van der Waals surface area contributed by atoms with Crippen molar-refractivity contribution in [3.63, 3.8) is 0 Å². The van der Waals surface area contributed by atoms with Crippen LogP contribution in [0.2, 0.25) is 0 Å². The Kier molecular flexibility index (Phi) is 9.16. The van der Waals surface area contributed by atoms with Gasteiger partial charge in [0.1, 0.15) is 19.1 Å². The Hall–Kier alpha value is -4.13. The van der Waals surface area contributed by atoms with Crippen LogP contribution in [0.5, 0.6) is 0 Å². The summed E-state index contributed by atoms with van der Waals surface area (Å²) in [6, 6.07) is 28.2. The van der Waals surface area contributed by atoms with E-state index in [1.165, 1.54) is 0 Å². The maximum atomic E-state index is 13.6. The number of aliphatic carboxylic acids is 1. The van der Waals surface area contributed by atoms with Crippen molar-refractivity contribution in [2.75, 3.05) is 26.2 Å². The summed E-state index contributed by atoms with van der Waals surface area (Å²) in [5, 5.41) is 20.5. The zero-order valence-corrected chi connectivity index (χ0v) is 22.2. The number of hydrogen-bond donors (Lipinski definition) is 1. The van der Waals surface area contributed by atoms with Gasteiger partial charge in [0.2, 0.25) is 5.60 Å².